The second kappa shape index (κ2) is 9.96. The molecule has 9 heteroatoms. The Bertz CT molecular complexity index is 144. The summed E-state index contributed by atoms with van der Waals surface area (Å²) in [5, 5.41) is 0. The topological polar surface area (TPSA) is 36.9 Å². The first kappa shape index (κ1) is 15.8. The molecule has 0 aromatic rings. The highest BCUT2D eigenvalue weighted by Gasteiger charge is 2.46. The lowest BCUT2D eigenvalue weighted by atomic mass is 10.8. The van der Waals surface area contributed by atoms with Gasteiger partial charge in [0, 0.05) is 0 Å². The summed E-state index contributed by atoms with van der Waals surface area (Å²) in [6, 6.07) is 0. The second-order valence-electron chi connectivity index (χ2n) is 2.37. The van der Waals surface area contributed by atoms with Gasteiger partial charge in [0.05, 0.1) is 19.8 Å². The molecule has 0 aromatic carbocycles. The molecule has 0 saturated heterocycles. The molecule has 0 rings (SSSR count). The highest BCUT2D eigenvalue weighted by molar-refractivity contribution is 6.53. The van der Waals surface area contributed by atoms with Crippen LogP contribution in [0.5, 0.6) is 0 Å². The number of hydrogen-bond acceptors (Lipinski definition) is 4. The Labute approximate surface area is 91.9 Å². The van der Waals surface area contributed by atoms with Crippen molar-refractivity contribution in [3.63, 3.8) is 0 Å². The molecule has 0 N–H and O–H groups in total. The van der Waals surface area contributed by atoms with E-state index in [0.717, 1.165) is 0 Å². The summed E-state index contributed by atoms with van der Waals surface area (Å²) in [7, 11) is -3.95. The molecular formula is C7H14F4O4Si. The van der Waals surface area contributed by atoms with Gasteiger partial charge in [0.25, 0.3) is 0 Å². The van der Waals surface area contributed by atoms with Crippen molar-refractivity contribution in [3.05, 3.63) is 0 Å². The van der Waals surface area contributed by atoms with Crippen LogP contribution in [-0.4, -0.2) is 55.8 Å². The molecule has 0 spiro atoms. The lowest BCUT2D eigenvalue weighted by Gasteiger charge is -2.25. The Morgan fingerprint density at radius 2 is 1.00 bits per heavy atom. The maximum atomic E-state index is 12.1. The van der Waals surface area contributed by atoms with Crippen LogP contribution in [0.3, 0.4) is 0 Å². The fourth-order valence-corrected chi connectivity index (χ4v) is 2.42. The molecule has 0 aliphatic heterocycles. The summed E-state index contributed by atoms with van der Waals surface area (Å²) in [5.74, 6) is 0. The molecule has 0 amide bonds. The highest BCUT2D eigenvalue weighted by atomic mass is 28.4. The van der Waals surface area contributed by atoms with E-state index in [9.17, 15) is 17.6 Å². The Balaban J connectivity index is 4.32. The van der Waals surface area contributed by atoms with E-state index < -0.39 is 55.8 Å². The molecule has 0 unspecified atom stereocenters. The molecule has 0 saturated carbocycles. The summed E-state index contributed by atoms with van der Waals surface area (Å²) < 4.78 is 66.4. The summed E-state index contributed by atoms with van der Waals surface area (Å²) in [5.41, 5.74) is 0. The van der Waals surface area contributed by atoms with Crippen molar-refractivity contribution >= 4 is 9.05 Å². The van der Waals surface area contributed by atoms with Crippen molar-refractivity contribution in [1.29, 1.82) is 0 Å². The van der Waals surface area contributed by atoms with Crippen LogP contribution in [0.15, 0.2) is 0 Å². The van der Waals surface area contributed by atoms with E-state index in [-0.39, 0.29) is 0 Å². The fourth-order valence-electron chi connectivity index (χ4n) is 0.808. The van der Waals surface area contributed by atoms with Crippen LogP contribution >= 0.6 is 0 Å². The Morgan fingerprint density at radius 1 is 0.625 bits per heavy atom. The third-order valence-electron chi connectivity index (χ3n) is 1.30. The van der Waals surface area contributed by atoms with Gasteiger partial charge in [0.2, 0.25) is 0 Å². The predicted molar refractivity (Wildman–Crippen MR) is 48.6 cm³/mol. The van der Waals surface area contributed by atoms with Crippen molar-refractivity contribution in [3.8, 4) is 0 Å². The summed E-state index contributed by atoms with van der Waals surface area (Å²) >= 11 is 0. The Kier molecular flexibility index (Phi) is 9.83. The minimum Gasteiger partial charge on any atom is -0.348 e. The average Bonchev–Trinajstić information content (AvgIpc) is 2.31. The van der Waals surface area contributed by atoms with E-state index in [1.54, 1.807) is 0 Å². The summed E-state index contributed by atoms with van der Waals surface area (Å²) in [6.45, 7) is -5.29. The van der Waals surface area contributed by atoms with Crippen molar-refractivity contribution in [2.24, 2.45) is 0 Å². The van der Waals surface area contributed by atoms with Crippen LogP contribution in [-0.2, 0) is 17.7 Å². The summed E-state index contributed by atoms with van der Waals surface area (Å²) in [4.78, 5) is 0. The molecule has 16 heavy (non-hydrogen) atoms. The van der Waals surface area contributed by atoms with Gasteiger partial charge in [-0.15, -0.1) is 0 Å². The molecule has 0 aliphatic carbocycles. The van der Waals surface area contributed by atoms with Crippen molar-refractivity contribution in [2.75, 3.05) is 46.7 Å². The van der Waals surface area contributed by atoms with Crippen LogP contribution in [0.2, 0.25) is 0 Å². The van der Waals surface area contributed by atoms with E-state index in [1.165, 1.54) is 0 Å². The zero-order chi connectivity index (χ0) is 12.3. The van der Waals surface area contributed by atoms with E-state index in [0.29, 0.717) is 0 Å². The van der Waals surface area contributed by atoms with Gasteiger partial charge in [-0.2, -0.15) is 0 Å². The third-order valence-corrected chi connectivity index (χ3v) is 3.43. The zero-order valence-electron chi connectivity index (χ0n) is 8.59. The number of hydrogen-bond donors (Lipinski definition) is 0. The molecule has 0 aliphatic rings. The molecule has 0 fully saturated rings. The predicted octanol–water partition coefficient (Wildman–Crippen LogP) is 1.32. The number of rotatable bonds is 11. The quantitative estimate of drug-likeness (QED) is 0.417. The molecule has 0 aromatic heterocycles. The van der Waals surface area contributed by atoms with Gasteiger partial charge in [-0.25, -0.2) is 17.6 Å². The van der Waals surface area contributed by atoms with Crippen LogP contribution in [0.4, 0.5) is 17.6 Å². The maximum absolute atomic E-state index is 12.1. The van der Waals surface area contributed by atoms with Crippen molar-refractivity contribution in [1.82, 2.24) is 0 Å². The fraction of sp³-hybridized carbons (Fsp3) is 1.00. The lowest BCUT2D eigenvalue weighted by molar-refractivity contribution is -0.0573. The minimum absolute atomic E-state index is 0.454. The minimum atomic E-state index is -3.95. The standard InChI is InChI=1S/C7H14F4O4Si/c8-1-4-12-16(15-7-11,13-5-2-9)14-6-3-10/h1-7H2. The SMILES string of the molecule is FCCO[Si](OCF)(OCCF)OCCF. The van der Waals surface area contributed by atoms with Crippen molar-refractivity contribution in [2.45, 2.75) is 0 Å². The van der Waals surface area contributed by atoms with Gasteiger partial charge < -0.3 is 17.7 Å². The number of halogens is 4. The first-order chi connectivity index (χ1) is 7.74. The lowest BCUT2D eigenvalue weighted by Crippen LogP contribution is -2.50. The third kappa shape index (κ3) is 6.38. The van der Waals surface area contributed by atoms with E-state index in [1.807, 2.05) is 0 Å². The van der Waals surface area contributed by atoms with Gasteiger partial charge in [-0.1, -0.05) is 0 Å². The van der Waals surface area contributed by atoms with Gasteiger partial charge in [0.1, 0.15) is 20.0 Å². The average molecular weight is 266 g/mol. The molecule has 0 heterocycles. The monoisotopic (exact) mass is 266 g/mol. The van der Waals surface area contributed by atoms with Gasteiger partial charge in [-0.3, -0.25) is 0 Å². The molecule has 0 radical (unpaired) electrons. The Morgan fingerprint density at radius 3 is 1.25 bits per heavy atom. The largest absolute Gasteiger partial charge is 0.682 e. The van der Waals surface area contributed by atoms with E-state index >= 15 is 0 Å². The number of alkyl halides is 4. The van der Waals surface area contributed by atoms with Gasteiger partial charge >= 0.3 is 9.05 Å². The normalized spacial score (nSPS) is 12.0. The van der Waals surface area contributed by atoms with E-state index in [2.05, 4.69) is 4.43 Å². The molecule has 0 atom stereocenters. The van der Waals surface area contributed by atoms with Crippen LogP contribution in [0.25, 0.3) is 0 Å². The zero-order valence-corrected chi connectivity index (χ0v) is 9.59. The van der Waals surface area contributed by atoms with Crippen LogP contribution < -0.4 is 0 Å². The summed E-state index contributed by atoms with van der Waals surface area (Å²) in [6.07, 6.45) is 0. The smallest absolute Gasteiger partial charge is 0.348 e. The highest BCUT2D eigenvalue weighted by Crippen LogP contribution is 2.12. The van der Waals surface area contributed by atoms with Gasteiger partial charge in [0.15, 0.2) is 6.86 Å². The van der Waals surface area contributed by atoms with Crippen molar-refractivity contribution < 1.29 is 35.3 Å². The maximum Gasteiger partial charge on any atom is 0.682 e. The van der Waals surface area contributed by atoms with Gasteiger partial charge in [-0.05, 0) is 0 Å². The Hall–Kier alpha value is -0.223. The first-order valence-electron chi connectivity index (χ1n) is 4.54. The van der Waals surface area contributed by atoms with Crippen LogP contribution in [0, 0.1) is 0 Å². The van der Waals surface area contributed by atoms with Crippen LogP contribution in [0.1, 0.15) is 0 Å². The molecular weight excluding hydrogens is 252 g/mol. The first-order valence-corrected chi connectivity index (χ1v) is 6.17. The van der Waals surface area contributed by atoms with E-state index in [4.69, 9.17) is 13.3 Å². The molecule has 4 nitrogen and oxygen atoms in total. The second-order valence-corrected chi connectivity index (χ2v) is 4.52. The molecule has 0 bridgehead atoms. The molecule has 98 valence electrons.